The molecule has 1 amide bonds. The topological polar surface area (TPSA) is 59.0 Å². The van der Waals surface area contributed by atoms with Gasteiger partial charge in [0.1, 0.15) is 0 Å². The number of nitrogens with zero attached hydrogens (tertiary/aromatic N) is 2. The summed E-state index contributed by atoms with van der Waals surface area (Å²) in [5, 5.41) is 10.7. The fraction of sp³-hybridized carbons (Fsp3) is 0.714. The van der Waals surface area contributed by atoms with Crippen LogP contribution < -0.4 is 10.6 Å². The smallest absolute Gasteiger partial charge is 0.221 e. The first-order valence-corrected chi connectivity index (χ1v) is 8.00. The second-order valence-corrected chi connectivity index (χ2v) is 5.76. The Morgan fingerprint density at radius 1 is 1.45 bits per heavy atom. The predicted molar refractivity (Wildman–Crippen MR) is 84.6 cm³/mol. The minimum atomic E-state index is 0.103. The Kier molecular flexibility index (Phi) is 7.23. The molecule has 1 atom stereocenters. The first kappa shape index (κ1) is 17.2. The first-order valence-electron chi connectivity index (χ1n) is 7.21. The van der Waals surface area contributed by atoms with Crippen molar-refractivity contribution in [3.05, 3.63) is 15.9 Å². The van der Waals surface area contributed by atoms with Gasteiger partial charge >= 0.3 is 0 Å². The van der Waals surface area contributed by atoms with Crippen molar-refractivity contribution in [2.75, 3.05) is 6.54 Å². The van der Waals surface area contributed by atoms with E-state index in [2.05, 4.69) is 45.5 Å². The van der Waals surface area contributed by atoms with Crippen molar-refractivity contribution < 1.29 is 4.79 Å². The van der Waals surface area contributed by atoms with Gasteiger partial charge in [0, 0.05) is 32.1 Å². The van der Waals surface area contributed by atoms with E-state index >= 15 is 0 Å². The molecule has 0 saturated carbocycles. The summed E-state index contributed by atoms with van der Waals surface area (Å²) in [6.07, 6.45) is 1.46. The SMILES string of the molecule is CCC(C)NC(=O)CCNCc1c(Br)c(C)nn1CC. The van der Waals surface area contributed by atoms with Crippen LogP contribution in [0, 0.1) is 6.92 Å². The van der Waals surface area contributed by atoms with E-state index in [1.54, 1.807) is 0 Å². The van der Waals surface area contributed by atoms with Gasteiger partial charge < -0.3 is 10.6 Å². The molecule has 0 fully saturated rings. The highest BCUT2D eigenvalue weighted by Gasteiger charge is 2.11. The minimum absolute atomic E-state index is 0.103. The van der Waals surface area contributed by atoms with Gasteiger partial charge in [-0.25, -0.2) is 0 Å². The normalized spacial score (nSPS) is 12.4. The lowest BCUT2D eigenvalue weighted by atomic mass is 10.2. The Morgan fingerprint density at radius 3 is 2.75 bits per heavy atom. The van der Waals surface area contributed by atoms with Crippen LogP contribution in [0.2, 0.25) is 0 Å². The summed E-state index contributed by atoms with van der Waals surface area (Å²) in [6.45, 7) is 10.4. The second kappa shape index (κ2) is 8.42. The van der Waals surface area contributed by atoms with E-state index in [9.17, 15) is 4.79 Å². The molecule has 1 rings (SSSR count). The molecular formula is C14H25BrN4O. The molecule has 6 heteroatoms. The van der Waals surface area contributed by atoms with Gasteiger partial charge in [0.05, 0.1) is 15.9 Å². The van der Waals surface area contributed by atoms with Crippen LogP contribution in [-0.2, 0) is 17.9 Å². The summed E-state index contributed by atoms with van der Waals surface area (Å²) in [4.78, 5) is 11.6. The maximum atomic E-state index is 11.6. The van der Waals surface area contributed by atoms with E-state index in [1.165, 1.54) is 0 Å². The fourth-order valence-electron chi connectivity index (χ4n) is 1.90. The van der Waals surface area contributed by atoms with Crippen molar-refractivity contribution in [1.82, 2.24) is 20.4 Å². The summed E-state index contributed by atoms with van der Waals surface area (Å²) in [5.41, 5.74) is 2.13. The molecule has 0 aliphatic rings. The van der Waals surface area contributed by atoms with Crippen LogP contribution in [0.4, 0.5) is 0 Å². The summed E-state index contributed by atoms with van der Waals surface area (Å²) in [7, 11) is 0. The predicted octanol–water partition coefficient (Wildman–Crippen LogP) is 2.37. The van der Waals surface area contributed by atoms with Crippen LogP contribution in [0.3, 0.4) is 0 Å². The Morgan fingerprint density at radius 2 is 2.15 bits per heavy atom. The molecule has 0 spiro atoms. The van der Waals surface area contributed by atoms with Crippen molar-refractivity contribution >= 4 is 21.8 Å². The molecule has 0 saturated heterocycles. The third-order valence-electron chi connectivity index (χ3n) is 3.29. The highest BCUT2D eigenvalue weighted by Crippen LogP contribution is 2.20. The Bertz CT molecular complexity index is 445. The van der Waals surface area contributed by atoms with Gasteiger partial charge in [0.2, 0.25) is 5.91 Å². The van der Waals surface area contributed by atoms with Gasteiger partial charge in [0.15, 0.2) is 0 Å². The molecule has 0 bridgehead atoms. The second-order valence-electron chi connectivity index (χ2n) is 4.97. The number of hydrogen-bond donors (Lipinski definition) is 2. The molecule has 1 aromatic rings. The van der Waals surface area contributed by atoms with Crippen LogP contribution >= 0.6 is 15.9 Å². The highest BCUT2D eigenvalue weighted by molar-refractivity contribution is 9.10. The maximum Gasteiger partial charge on any atom is 0.221 e. The largest absolute Gasteiger partial charge is 0.354 e. The number of carbonyl (C=O) groups excluding carboxylic acids is 1. The third kappa shape index (κ3) is 4.90. The molecule has 0 aliphatic heterocycles. The number of hydrogen-bond acceptors (Lipinski definition) is 3. The van der Waals surface area contributed by atoms with E-state index < -0.39 is 0 Å². The van der Waals surface area contributed by atoms with Gasteiger partial charge in [-0.1, -0.05) is 6.92 Å². The van der Waals surface area contributed by atoms with Crippen molar-refractivity contribution in [2.45, 2.75) is 59.7 Å². The summed E-state index contributed by atoms with van der Waals surface area (Å²) >= 11 is 3.56. The van der Waals surface area contributed by atoms with Crippen molar-refractivity contribution in [3.63, 3.8) is 0 Å². The van der Waals surface area contributed by atoms with E-state index in [-0.39, 0.29) is 11.9 Å². The molecule has 114 valence electrons. The van der Waals surface area contributed by atoms with Crippen LogP contribution in [0.15, 0.2) is 4.47 Å². The number of nitrogens with one attached hydrogen (secondary N) is 2. The number of aromatic nitrogens is 2. The van der Waals surface area contributed by atoms with Gasteiger partial charge in [-0.15, -0.1) is 0 Å². The van der Waals surface area contributed by atoms with Gasteiger partial charge in [0.25, 0.3) is 0 Å². The standard InChI is InChI=1S/C14H25BrN4O/c1-5-10(3)17-13(20)7-8-16-9-12-14(15)11(4)18-19(12)6-2/h10,16H,5-9H2,1-4H3,(H,17,20). The lowest BCUT2D eigenvalue weighted by molar-refractivity contribution is -0.121. The lowest BCUT2D eigenvalue weighted by Crippen LogP contribution is -2.34. The molecule has 1 heterocycles. The number of rotatable bonds is 8. The average molecular weight is 345 g/mol. The van der Waals surface area contributed by atoms with Gasteiger partial charge in [-0.05, 0) is 43.1 Å². The third-order valence-corrected chi connectivity index (χ3v) is 4.33. The number of halogens is 1. The molecule has 0 aromatic carbocycles. The molecule has 5 nitrogen and oxygen atoms in total. The zero-order valence-electron chi connectivity index (χ0n) is 12.8. The lowest BCUT2D eigenvalue weighted by Gasteiger charge is -2.12. The zero-order chi connectivity index (χ0) is 15.1. The van der Waals surface area contributed by atoms with Gasteiger partial charge in [-0.2, -0.15) is 5.10 Å². The van der Waals surface area contributed by atoms with Crippen molar-refractivity contribution in [3.8, 4) is 0 Å². The van der Waals surface area contributed by atoms with Crippen LogP contribution in [0.5, 0.6) is 0 Å². The summed E-state index contributed by atoms with van der Waals surface area (Å²) in [6, 6.07) is 0.251. The molecule has 1 unspecified atom stereocenters. The fourth-order valence-corrected chi connectivity index (χ4v) is 2.32. The Labute approximate surface area is 129 Å². The van der Waals surface area contributed by atoms with Crippen molar-refractivity contribution in [1.29, 1.82) is 0 Å². The maximum absolute atomic E-state index is 11.6. The number of aryl methyl sites for hydroxylation is 2. The Hall–Kier alpha value is -0.880. The zero-order valence-corrected chi connectivity index (χ0v) is 14.4. The molecular weight excluding hydrogens is 320 g/mol. The van der Waals surface area contributed by atoms with E-state index in [4.69, 9.17) is 0 Å². The number of amides is 1. The molecule has 1 aromatic heterocycles. The van der Waals surface area contributed by atoms with Crippen LogP contribution in [0.25, 0.3) is 0 Å². The van der Waals surface area contributed by atoms with Gasteiger partial charge in [-0.3, -0.25) is 9.48 Å². The first-order chi connectivity index (χ1) is 9.49. The Balaban J connectivity index is 2.36. The summed E-state index contributed by atoms with van der Waals surface area (Å²) in [5.74, 6) is 0.103. The van der Waals surface area contributed by atoms with Crippen LogP contribution in [-0.4, -0.2) is 28.3 Å². The van der Waals surface area contributed by atoms with E-state index in [0.29, 0.717) is 19.5 Å². The average Bonchev–Trinajstić information content (AvgIpc) is 2.70. The quantitative estimate of drug-likeness (QED) is 0.711. The van der Waals surface area contributed by atoms with E-state index in [0.717, 1.165) is 28.8 Å². The molecule has 2 N–H and O–H groups in total. The van der Waals surface area contributed by atoms with Crippen LogP contribution in [0.1, 0.15) is 45.0 Å². The summed E-state index contributed by atoms with van der Waals surface area (Å²) < 4.78 is 3.03. The number of carbonyl (C=O) groups is 1. The van der Waals surface area contributed by atoms with Crippen molar-refractivity contribution in [2.24, 2.45) is 0 Å². The molecule has 20 heavy (non-hydrogen) atoms. The van der Waals surface area contributed by atoms with E-state index in [1.807, 2.05) is 18.5 Å². The highest BCUT2D eigenvalue weighted by atomic mass is 79.9. The monoisotopic (exact) mass is 344 g/mol. The minimum Gasteiger partial charge on any atom is -0.354 e. The molecule has 0 aliphatic carbocycles. The molecule has 0 radical (unpaired) electrons.